The summed E-state index contributed by atoms with van der Waals surface area (Å²) >= 11 is 14.9. The molecule has 0 radical (unpaired) electrons. The van der Waals surface area contributed by atoms with E-state index < -0.39 is 11.2 Å². The van der Waals surface area contributed by atoms with Crippen LogP contribution in [-0.2, 0) is 16.6 Å². The molecule has 1 atom stereocenters. The molecule has 0 saturated carbocycles. The van der Waals surface area contributed by atoms with Crippen molar-refractivity contribution in [1.29, 1.82) is 0 Å². The summed E-state index contributed by atoms with van der Waals surface area (Å²) in [6.45, 7) is 4.06. The summed E-state index contributed by atoms with van der Waals surface area (Å²) < 4.78 is 19.7. The van der Waals surface area contributed by atoms with Crippen molar-refractivity contribution < 1.29 is 13.9 Å². The fourth-order valence-electron chi connectivity index (χ4n) is 3.25. The Bertz CT molecular complexity index is 952. The second kappa shape index (κ2) is 7.49. The minimum absolute atomic E-state index is 0.219. The molecule has 2 aromatic carbocycles. The van der Waals surface area contributed by atoms with E-state index in [0.717, 1.165) is 12.0 Å². The molecule has 1 unspecified atom stereocenters. The molecule has 0 fully saturated rings. The first-order valence-electron chi connectivity index (χ1n) is 8.36. The number of likely N-dealkylation sites (N-methyl/N-ethyl adjacent to an activating group) is 1. The molecule has 1 amide bonds. The Morgan fingerprint density at radius 2 is 2.04 bits per heavy atom. The van der Waals surface area contributed by atoms with Gasteiger partial charge in [-0.25, -0.2) is 4.39 Å². The van der Waals surface area contributed by atoms with E-state index >= 15 is 0 Å². The van der Waals surface area contributed by atoms with E-state index in [2.05, 4.69) is 15.9 Å². The number of rotatable bonds is 3. The van der Waals surface area contributed by atoms with Crippen LogP contribution in [0.25, 0.3) is 0 Å². The predicted octanol–water partition coefficient (Wildman–Crippen LogP) is 5.29. The van der Waals surface area contributed by atoms with Crippen molar-refractivity contribution in [2.45, 2.75) is 25.7 Å². The second-order valence-electron chi connectivity index (χ2n) is 6.68. The molecule has 0 aromatic heterocycles. The Morgan fingerprint density at radius 3 is 2.67 bits per heavy atom. The first-order valence-corrected chi connectivity index (χ1v) is 9.94. The number of thiocarbonyl (C=S) groups is 1. The smallest absolute Gasteiger partial charge is 0.241 e. The van der Waals surface area contributed by atoms with Crippen LogP contribution >= 0.6 is 39.7 Å². The van der Waals surface area contributed by atoms with Gasteiger partial charge in [0.05, 0.1) is 26.5 Å². The molecule has 3 rings (SSSR count). The number of benzene rings is 2. The summed E-state index contributed by atoms with van der Waals surface area (Å²) in [6.07, 6.45) is 0.725. The number of fused-ring (bicyclic) bond motifs is 1. The minimum atomic E-state index is -1.10. The molecule has 0 spiro atoms. The molecular formula is C20H18BrClFNO2S. The number of ether oxygens (including phenoxy) is 1. The SMILES string of the molecule is CC(=S)N(C)C(=O)C(C)(c1ccc(F)c(Br)c1)c1cc(Cl)c2c(c1)CCO2. The zero-order valence-corrected chi connectivity index (χ0v) is 18.3. The maximum absolute atomic E-state index is 13.8. The molecule has 7 heteroatoms. The zero-order valence-electron chi connectivity index (χ0n) is 15.1. The molecule has 1 heterocycles. The minimum Gasteiger partial charge on any atom is -0.491 e. The highest BCUT2D eigenvalue weighted by Gasteiger charge is 2.41. The van der Waals surface area contributed by atoms with E-state index in [0.29, 0.717) is 33.5 Å². The van der Waals surface area contributed by atoms with Crippen molar-refractivity contribution in [3.8, 4) is 5.75 Å². The summed E-state index contributed by atoms with van der Waals surface area (Å²) in [6, 6.07) is 8.26. The van der Waals surface area contributed by atoms with E-state index in [4.69, 9.17) is 28.6 Å². The maximum Gasteiger partial charge on any atom is 0.241 e. The summed E-state index contributed by atoms with van der Waals surface area (Å²) in [5, 5.41) is 0.460. The lowest BCUT2D eigenvalue weighted by atomic mass is 9.74. The number of nitrogens with zero attached hydrogens (tertiary/aromatic N) is 1. The number of hydrogen-bond acceptors (Lipinski definition) is 3. The van der Waals surface area contributed by atoms with E-state index in [1.54, 1.807) is 39.1 Å². The molecule has 0 N–H and O–H groups in total. The molecule has 142 valence electrons. The topological polar surface area (TPSA) is 29.5 Å². The Hall–Kier alpha value is -1.50. The van der Waals surface area contributed by atoms with Crippen LogP contribution in [0.2, 0.25) is 5.02 Å². The molecule has 0 aliphatic carbocycles. The van der Waals surface area contributed by atoms with Gasteiger partial charge in [0.25, 0.3) is 0 Å². The third kappa shape index (κ3) is 3.50. The first kappa shape index (κ1) is 20.2. The largest absolute Gasteiger partial charge is 0.491 e. The molecule has 1 aliphatic heterocycles. The van der Waals surface area contributed by atoms with Gasteiger partial charge in [-0.1, -0.05) is 36.0 Å². The Morgan fingerprint density at radius 1 is 1.33 bits per heavy atom. The molecular weight excluding hydrogens is 453 g/mol. The standard InChI is InChI=1S/C20H18BrClFNO2S/c1-11(27)24(3)19(25)20(2,13-4-5-17(23)15(21)9-13)14-8-12-6-7-26-18(12)16(22)10-14/h4-5,8-10H,6-7H2,1-3H3. The van der Waals surface area contributed by atoms with Crippen LogP contribution in [0.1, 0.15) is 30.5 Å². The van der Waals surface area contributed by atoms with Gasteiger partial charge >= 0.3 is 0 Å². The zero-order chi connectivity index (χ0) is 19.9. The van der Waals surface area contributed by atoms with Crippen molar-refractivity contribution in [2.24, 2.45) is 0 Å². The van der Waals surface area contributed by atoms with Crippen molar-refractivity contribution in [3.63, 3.8) is 0 Å². The van der Waals surface area contributed by atoms with E-state index in [-0.39, 0.29) is 10.4 Å². The fraction of sp³-hybridized carbons (Fsp3) is 0.300. The number of carbonyl (C=O) groups excluding carboxylic acids is 1. The van der Waals surface area contributed by atoms with Gasteiger partial charge in [-0.2, -0.15) is 0 Å². The number of amides is 1. The van der Waals surface area contributed by atoms with Crippen LogP contribution in [0, 0.1) is 5.82 Å². The van der Waals surface area contributed by atoms with Crippen LogP contribution in [-0.4, -0.2) is 29.5 Å². The Labute approximate surface area is 176 Å². The van der Waals surface area contributed by atoms with Crippen LogP contribution < -0.4 is 4.74 Å². The van der Waals surface area contributed by atoms with Crippen LogP contribution in [0.3, 0.4) is 0 Å². The highest BCUT2D eigenvalue weighted by molar-refractivity contribution is 9.10. The highest BCUT2D eigenvalue weighted by Crippen LogP contribution is 2.42. The van der Waals surface area contributed by atoms with Crippen LogP contribution in [0.15, 0.2) is 34.8 Å². The molecule has 1 aliphatic rings. The third-order valence-electron chi connectivity index (χ3n) is 5.02. The van der Waals surface area contributed by atoms with Gasteiger partial charge in [0, 0.05) is 13.5 Å². The molecule has 0 saturated heterocycles. The monoisotopic (exact) mass is 469 g/mol. The predicted molar refractivity (Wildman–Crippen MR) is 112 cm³/mol. The van der Waals surface area contributed by atoms with Gasteiger partial charge < -0.3 is 9.64 Å². The van der Waals surface area contributed by atoms with Gasteiger partial charge in [-0.05, 0) is 64.7 Å². The number of carbonyl (C=O) groups is 1. The summed E-state index contributed by atoms with van der Waals surface area (Å²) in [4.78, 5) is 15.4. The highest BCUT2D eigenvalue weighted by atomic mass is 79.9. The normalized spacial score (nSPS) is 14.9. The van der Waals surface area contributed by atoms with Crippen molar-refractivity contribution in [2.75, 3.05) is 13.7 Å². The quantitative estimate of drug-likeness (QED) is 0.571. The van der Waals surface area contributed by atoms with E-state index in [1.807, 2.05) is 6.07 Å². The summed E-state index contributed by atoms with van der Waals surface area (Å²) in [7, 11) is 1.64. The van der Waals surface area contributed by atoms with Crippen molar-refractivity contribution in [3.05, 3.63) is 62.3 Å². The number of hydrogen-bond donors (Lipinski definition) is 0. The second-order valence-corrected chi connectivity index (χ2v) is 8.53. The molecule has 3 nitrogen and oxygen atoms in total. The molecule has 27 heavy (non-hydrogen) atoms. The third-order valence-corrected chi connectivity index (χ3v) is 6.18. The average Bonchev–Trinajstić information content (AvgIpc) is 3.11. The van der Waals surface area contributed by atoms with E-state index in [9.17, 15) is 9.18 Å². The summed E-state index contributed by atoms with van der Waals surface area (Å²) in [5.74, 6) is 0.0478. The summed E-state index contributed by atoms with van der Waals surface area (Å²) in [5.41, 5.74) is 1.20. The average molecular weight is 471 g/mol. The van der Waals surface area contributed by atoms with Crippen LogP contribution in [0.4, 0.5) is 4.39 Å². The van der Waals surface area contributed by atoms with Crippen LogP contribution in [0.5, 0.6) is 5.75 Å². The van der Waals surface area contributed by atoms with Gasteiger partial charge in [-0.3, -0.25) is 4.79 Å². The van der Waals surface area contributed by atoms with Gasteiger partial charge in [-0.15, -0.1) is 0 Å². The lowest BCUT2D eigenvalue weighted by Crippen LogP contribution is -2.45. The fourth-order valence-corrected chi connectivity index (χ4v) is 4.00. The maximum atomic E-state index is 13.8. The van der Waals surface area contributed by atoms with Gasteiger partial charge in [0.1, 0.15) is 11.6 Å². The number of halogens is 3. The van der Waals surface area contributed by atoms with Gasteiger partial charge in [0.15, 0.2) is 0 Å². The first-order chi connectivity index (χ1) is 12.7. The lowest BCUT2D eigenvalue weighted by Gasteiger charge is -2.34. The van der Waals surface area contributed by atoms with Crippen molar-refractivity contribution >= 4 is 50.6 Å². The Kier molecular flexibility index (Phi) is 5.62. The van der Waals surface area contributed by atoms with Gasteiger partial charge in [0.2, 0.25) is 5.91 Å². The van der Waals surface area contributed by atoms with Crippen molar-refractivity contribution in [1.82, 2.24) is 4.90 Å². The molecule has 0 bridgehead atoms. The van der Waals surface area contributed by atoms with E-state index in [1.165, 1.54) is 11.0 Å². The Balaban J connectivity index is 2.24. The lowest BCUT2D eigenvalue weighted by molar-refractivity contribution is -0.130. The molecule has 2 aromatic rings.